The molecule has 110 valence electrons. The molecule has 7 heteroatoms. The van der Waals surface area contributed by atoms with Crippen LogP contribution in [0.25, 0.3) is 0 Å². The Labute approximate surface area is 122 Å². The first-order chi connectivity index (χ1) is 9.85. The summed E-state index contributed by atoms with van der Waals surface area (Å²) >= 11 is 0. The van der Waals surface area contributed by atoms with Crippen LogP contribution in [0.1, 0.15) is 15.9 Å². The maximum atomic E-state index is 12.0. The maximum Gasteiger partial charge on any atom is 0.248 e. The van der Waals surface area contributed by atoms with Crippen molar-refractivity contribution >= 4 is 27.3 Å². The number of carbonyl (C=O) groups excluding carboxylic acids is 1. The van der Waals surface area contributed by atoms with Crippen molar-refractivity contribution < 1.29 is 13.2 Å². The second-order valence-corrected chi connectivity index (χ2v) is 6.27. The predicted octanol–water partition coefficient (Wildman–Crippen LogP) is 1.31. The van der Waals surface area contributed by atoms with Gasteiger partial charge in [0.15, 0.2) is 0 Å². The van der Waals surface area contributed by atoms with E-state index in [1.165, 1.54) is 24.3 Å². The van der Waals surface area contributed by atoms with E-state index in [4.69, 9.17) is 11.5 Å². The highest BCUT2D eigenvalue weighted by molar-refractivity contribution is 7.91. The largest absolute Gasteiger partial charge is 0.399 e. The van der Waals surface area contributed by atoms with Crippen LogP contribution >= 0.6 is 0 Å². The molecule has 0 fully saturated rings. The average molecular weight is 305 g/mol. The van der Waals surface area contributed by atoms with Gasteiger partial charge >= 0.3 is 0 Å². The first-order valence-electron chi connectivity index (χ1n) is 6.10. The summed E-state index contributed by atoms with van der Waals surface area (Å²) in [5, 5.41) is 0. The summed E-state index contributed by atoms with van der Waals surface area (Å²) in [5.74, 6) is -0.725. The molecule has 0 aliphatic rings. The molecule has 6 nitrogen and oxygen atoms in total. The molecule has 0 saturated carbocycles. The molecule has 2 rings (SSSR count). The number of sulfonamides is 1. The van der Waals surface area contributed by atoms with Crippen LogP contribution in [0, 0.1) is 0 Å². The van der Waals surface area contributed by atoms with E-state index in [9.17, 15) is 13.2 Å². The molecule has 0 aliphatic carbocycles. The Morgan fingerprint density at radius 1 is 1.00 bits per heavy atom. The zero-order valence-electron chi connectivity index (χ0n) is 11.1. The minimum atomic E-state index is -3.54. The van der Waals surface area contributed by atoms with Gasteiger partial charge in [-0.05, 0) is 42.0 Å². The Balaban J connectivity index is 2.10. The fourth-order valence-electron chi connectivity index (χ4n) is 1.75. The third-order valence-corrected chi connectivity index (χ3v) is 4.04. The molecule has 0 saturated heterocycles. The predicted molar refractivity (Wildman–Crippen MR) is 82.1 cm³/mol. The van der Waals surface area contributed by atoms with E-state index in [2.05, 4.69) is 4.72 Å². The molecule has 0 aliphatic heterocycles. The van der Waals surface area contributed by atoms with Gasteiger partial charge in [-0.1, -0.05) is 12.1 Å². The Morgan fingerprint density at radius 2 is 1.57 bits per heavy atom. The molecule has 2 aromatic carbocycles. The molecule has 0 bridgehead atoms. The Hall–Kier alpha value is -2.54. The van der Waals surface area contributed by atoms with Crippen LogP contribution in [-0.2, 0) is 15.8 Å². The van der Waals surface area contributed by atoms with Gasteiger partial charge in [-0.2, -0.15) is 0 Å². The summed E-state index contributed by atoms with van der Waals surface area (Å²) in [6.07, 6.45) is 0. The van der Waals surface area contributed by atoms with Gasteiger partial charge in [0, 0.05) is 16.9 Å². The summed E-state index contributed by atoms with van der Waals surface area (Å²) in [5.41, 5.74) is 12.6. The van der Waals surface area contributed by atoms with E-state index >= 15 is 0 Å². The topological polar surface area (TPSA) is 115 Å². The van der Waals surface area contributed by atoms with E-state index < -0.39 is 15.9 Å². The van der Waals surface area contributed by atoms with Gasteiger partial charge in [-0.3, -0.25) is 9.52 Å². The molecule has 0 radical (unpaired) electrons. The maximum absolute atomic E-state index is 12.0. The van der Waals surface area contributed by atoms with Crippen molar-refractivity contribution in [3.05, 3.63) is 59.7 Å². The summed E-state index contributed by atoms with van der Waals surface area (Å²) in [6, 6.07) is 12.5. The van der Waals surface area contributed by atoms with Crippen LogP contribution in [0.2, 0.25) is 0 Å². The molecule has 0 atom stereocenters. The van der Waals surface area contributed by atoms with E-state index in [1.807, 2.05) is 0 Å². The highest BCUT2D eigenvalue weighted by Crippen LogP contribution is 2.14. The SMILES string of the molecule is NC(=O)c1ccc(NS(=O)(=O)Cc2ccc(N)cc2)cc1. The number of hydrogen-bond donors (Lipinski definition) is 3. The van der Waals surface area contributed by atoms with Crippen molar-refractivity contribution in [2.45, 2.75) is 5.75 Å². The average Bonchev–Trinajstić information content (AvgIpc) is 2.41. The lowest BCUT2D eigenvalue weighted by molar-refractivity contribution is 0.100. The monoisotopic (exact) mass is 305 g/mol. The highest BCUT2D eigenvalue weighted by atomic mass is 32.2. The number of rotatable bonds is 5. The van der Waals surface area contributed by atoms with Crippen molar-refractivity contribution in [2.75, 3.05) is 10.5 Å². The second-order valence-electron chi connectivity index (χ2n) is 4.54. The van der Waals surface area contributed by atoms with Gasteiger partial charge in [0.05, 0.1) is 5.75 Å². The Morgan fingerprint density at radius 3 is 2.10 bits per heavy atom. The van der Waals surface area contributed by atoms with Crippen LogP contribution in [-0.4, -0.2) is 14.3 Å². The van der Waals surface area contributed by atoms with Crippen molar-refractivity contribution in [2.24, 2.45) is 5.73 Å². The number of nitrogens with one attached hydrogen (secondary N) is 1. The molecule has 0 heterocycles. The lowest BCUT2D eigenvalue weighted by atomic mass is 10.2. The number of hydrogen-bond acceptors (Lipinski definition) is 4. The van der Waals surface area contributed by atoms with Gasteiger partial charge in [-0.15, -0.1) is 0 Å². The molecule has 2 aromatic rings. The second kappa shape index (κ2) is 5.84. The third-order valence-electron chi connectivity index (χ3n) is 2.78. The zero-order valence-corrected chi connectivity index (χ0v) is 11.9. The summed E-state index contributed by atoms with van der Waals surface area (Å²) in [4.78, 5) is 10.9. The Kier molecular flexibility index (Phi) is 4.13. The first kappa shape index (κ1) is 14.9. The number of primary amides is 1. The van der Waals surface area contributed by atoms with Crippen LogP contribution in [0.4, 0.5) is 11.4 Å². The fourth-order valence-corrected chi connectivity index (χ4v) is 2.95. The number of nitrogen functional groups attached to an aromatic ring is 1. The molecule has 0 unspecified atom stereocenters. The highest BCUT2D eigenvalue weighted by Gasteiger charge is 2.12. The van der Waals surface area contributed by atoms with Crippen LogP contribution in [0.5, 0.6) is 0 Å². The van der Waals surface area contributed by atoms with E-state index in [1.54, 1.807) is 24.3 Å². The van der Waals surface area contributed by atoms with E-state index in [0.717, 1.165) is 0 Å². The first-order valence-corrected chi connectivity index (χ1v) is 7.76. The van der Waals surface area contributed by atoms with Crippen LogP contribution < -0.4 is 16.2 Å². The lowest BCUT2D eigenvalue weighted by Gasteiger charge is -2.08. The van der Waals surface area contributed by atoms with Crippen LogP contribution in [0.15, 0.2) is 48.5 Å². The quantitative estimate of drug-likeness (QED) is 0.722. The summed E-state index contributed by atoms with van der Waals surface area (Å²) in [7, 11) is -3.54. The minimum absolute atomic E-state index is 0.162. The molecule has 5 N–H and O–H groups in total. The van der Waals surface area contributed by atoms with Gasteiger partial charge in [0.25, 0.3) is 0 Å². The number of anilines is 2. The van der Waals surface area contributed by atoms with E-state index in [-0.39, 0.29) is 5.75 Å². The van der Waals surface area contributed by atoms with Crippen molar-refractivity contribution in [3.63, 3.8) is 0 Å². The van der Waals surface area contributed by atoms with E-state index in [0.29, 0.717) is 22.5 Å². The standard InChI is InChI=1S/C14H15N3O3S/c15-12-5-1-10(2-6-12)9-21(19,20)17-13-7-3-11(4-8-13)14(16)18/h1-8,17H,9,15H2,(H2,16,18). The smallest absolute Gasteiger partial charge is 0.248 e. The number of carbonyl (C=O) groups is 1. The number of nitrogens with two attached hydrogens (primary N) is 2. The molecule has 21 heavy (non-hydrogen) atoms. The van der Waals surface area contributed by atoms with Crippen molar-refractivity contribution in [1.82, 2.24) is 0 Å². The molecule has 0 aromatic heterocycles. The normalized spacial score (nSPS) is 11.0. The summed E-state index contributed by atoms with van der Waals surface area (Å²) in [6.45, 7) is 0. The lowest BCUT2D eigenvalue weighted by Crippen LogP contribution is -2.15. The molecular weight excluding hydrogens is 290 g/mol. The van der Waals surface area contributed by atoms with Gasteiger partial charge in [0.2, 0.25) is 15.9 Å². The fraction of sp³-hybridized carbons (Fsp3) is 0.0714. The van der Waals surface area contributed by atoms with Gasteiger partial charge in [0.1, 0.15) is 0 Å². The minimum Gasteiger partial charge on any atom is -0.399 e. The molecule has 0 spiro atoms. The van der Waals surface area contributed by atoms with Crippen molar-refractivity contribution in [1.29, 1.82) is 0 Å². The Bertz CT molecular complexity index is 738. The van der Waals surface area contributed by atoms with Crippen LogP contribution in [0.3, 0.4) is 0 Å². The number of amides is 1. The number of benzene rings is 2. The molecule has 1 amide bonds. The summed E-state index contributed by atoms with van der Waals surface area (Å²) < 4.78 is 26.5. The van der Waals surface area contributed by atoms with Gasteiger partial charge < -0.3 is 11.5 Å². The van der Waals surface area contributed by atoms with Gasteiger partial charge in [-0.25, -0.2) is 8.42 Å². The molecular formula is C14H15N3O3S. The zero-order chi connectivity index (χ0) is 15.5. The van der Waals surface area contributed by atoms with Crippen molar-refractivity contribution in [3.8, 4) is 0 Å². The third kappa shape index (κ3) is 4.22.